The standard InChI is InChI=1S/C19H26BrNO4/c1-12-9-14(11-20)10-13(2)16(12)24-17(22)15-7-6-8-21(15)18(23)25-19(3,4)5/h9-10,15H,6-8,11H2,1-5H3. The quantitative estimate of drug-likeness (QED) is 0.417. The van der Waals surface area contributed by atoms with E-state index in [0.717, 1.165) is 28.4 Å². The van der Waals surface area contributed by atoms with Crippen molar-refractivity contribution < 1.29 is 19.1 Å². The molecule has 1 aromatic rings. The molecule has 0 N–H and O–H groups in total. The van der Waals surface area contributed by atoms with Crippen LogP contribution in [-0.4, -0.2) is 35.2 Å². The number of halogens is 1. The van der Waals surface area contributed by atoms with Gasteiger partial charge in [0, 0.05) is 11.9 Å². The molecule has 25 heavy (non-hydrogen) atoms. The van der Waals surface area contributed by atoms with Crippen molar-refractivity contribution in [1.29, 1.82) is 0 Å². The number of benzene rings is 1. The van der Waals surface area contributed by atoms with Crippen LogP contribution in [0.15, 0.2) is 12.1 Å². The summed E-state index contributed by atoms with van der Waals surface area (Å²) in [6.45, 7) is 9.78. The van der Waals surface area contributed by atoms with E-state index in [0.29, 0.717) is 18.7 Å². The van der Waals surface area contributed by atoms with Gasteiger partial charge in [0.05, 0.1) is 0 Å². The predicted molar refractivity (Wildman–Crippen MR) is 100 cm³/mol. The van der Waals surface area contributed by atoms with Crippen molar-refractivity contribution in [1.82, 2.24) is 4.90 Å². The molecule has 1 aliphatic rings. The molecular weight excluding hydrogens is 386 g/mol. The van der Waals surface area contributed by atoms with Crippen LogP contribution >= 0.6 is 15.9 Å². The van der Waals surface area contributed by atoms with Crippen LogP contribution < -0.4 is 4.74 Å². The molecule has 0 aliphatic carbocycles. The number of hydrogen-bond acceptors (Lipinski definition) is 4. The molecule has 0 saturated carbocycles. The SMILES string of the molecule is Cc1cc(CBr)cc(C)c1OC(=O)C1CCCN1C(=O)OC(C)(C)C. The van der Waals surface area contributed by atoms with Crippen LogP contribution in [0.1, 0.15) is 50.3 Å². The Kier molecular flexibility index (Phi) is 6.14. The van der Waals surface area contributed by atoms with E-state index in [1.807, 2.05) is 46.8 Å². The summed E-state index contributed by atoms with van der Waals surface area (Å²) in [7, 11) is 0. The highest BCUT2D eigenvalue weighted by Gasteiger charge is 2.38. The van der Waals surface area contributed by atoms with Gasteiger partial charge in [-0.3, -0.25) is 4.90 Å². The number of rotatable bonds is 3. The van der Waals surface area contributed by atoms with Crippen molar-refractivity contribution in [3.05, 3.63) is 28.8 Å². The van der Waals surface area contributed by atoms with E-state index in [4.69, 9.17) is 9.47 Å². The molecule has 1 aromatic carbocycles. The van der Waals surface area contributed by atoms with Gasteiger partial charge in [-0.2, -0.15) is 0 Å². The summed E-state index contributed by atoms with van der Waals surface area (Å²) in [4.78, 5) is 26.5. The number of likely N-dealkylation sites (tertiary alicyclic amines) is 1. The molecule has 1 fully saturated rings. The third-order valence-electron chi connectivity index (χ3n) is 4.03. The molecule has 1 aliphatic heterocycles. The summed E-state index contributed by atoms with van der Waals surface area (Å²) in [5.41, 5.74) is 2.35. The lowest BCUT2D eigenvalue weighted by atomic mass is 10.1. The molecule has 5 nitrogen and oxygen atoms in total. The van der Waals surface area contributed by atoms with Crippen molar-refractivity contribution >= 4 is 28.0 Å². The average Bonchev–Trinajstić information content (AvgIpc) is 2.98. The van der Waals surface area contributed by atoms with Crippen molar-refractivity contribution in [2.45, 2.75) is 64.4 Å². The van der Waals surface area contributed by atoms with Gasteiger partial charge in [0.2, 0.25) is 0 Å². The minimum atomic E-state index is -0.593. The van der Waals surface area contributed by atoms with Crippen LogP contribution in [0.4, 0.5) is 4.79 Å². The van der Waals surface area contributed by atoms with Gasteiger partial charge in [-0.15, -0.1) is 0 Å². The lowest BCUT2D eigenvalue weighted by Crippen LogP contribution is -2.44. The molecule has 1 unspecified atom stereocenters. The second-order valence-electron chi connectivity index (χ2n) is 7.45. The fourth-order valence-electron chi connectivity index (χ4n) is 3.00. The van der Waals surface area contributed by atoms with E-state index in [1.165, 1.54) is 4.90 Å². The van der Waals surface area contributed by atoms with Crippen molar-refractivity contribution in [2.75, 3.05) is 6.54 Å². The topological polar surface area (TPSA) is 55.8 Å². The van der Waals surface area contributed by atoms with Crippen molar-refractivity contribution in [3.63, 3.8) is 0 Å². The smallest absolute Gasteiger partial charge is 0.411 e. The van der Waals surface area contributed by atoms with Gasteiger partial charge < -0.3 is 9.47 Å². The molecule has 1 amide bonds. The van der Waals surface area contributed by atoms with Gasteiger partial charge in [-0.05, 0) is 64.2 Å². The van der Waals surface area contributed by atoms with Gasteiger partial charge in [0.15, 0.2) is 0 Å². The maximum Gasteiger partial charge on any atom is 0.411 e. The average molecular weight is 412 g/mol. The molecular formula is C19H26BrNO4. The zero-order chi connectivity index (χ0) is 18.8. The third-order valence-corrected chi connectivity index (χ3v) is 4.68. The Hall–Kier alpha value is -1.56. The first-order chi connectivity index (χ1) is 11.6. The fraction of sp³-hybridized carbons (Fsp3) is 0.579. The summed E-state index contributed by atoms with van der Waals surface area (Å²) in [6.07, 6.45) is 0.893. The van der Waals surface area contributed by atoms with Crippen LogP contribution in [0.3, 0.4) is 0 Å². The van der Waals surface area contributed by atoms with Gasteiger partial charge >= 0.3 is 12.1 Å². The van der Waals surface area contributed by atoms with E-state index >= 15 is 0 Å². The molecule has 0 bridgehead atoms. The maximum absolute atomic E-state index is 12.7. The van der Waals surface area contributed by atoms with E-state index < -0.39 is 23.7 Å². The predicted octanol–water partition coefficient (Wildman–Crippen LogP) is 4.50. The fourth-order valence-corrected chi connectivity index (χ4v) is 3.32. The van der Waals surface area contributed by atoms with E-state index in [1.54, 1.807) is 0 Å². The zero-order valence-electron chi connectivity index (χ0n) is 15.5. The van der Waals surface area contributed by atoms with Gasteiger partial charge in [-0.25, -0.2) is 9.59 Å². The first kappa shape index (κ1) is 19.8. The normalized spacial score (nSPS) is 17.5. The number of ether oxygens (including phenoxy) is 2. The summed E-state index contributed by atoms with van der Waals surface area (Å²) in [6, 6.07) is 3.39. The molecule has 0 radical (unpaired) electrons. The van der Waals surface area contributed by atoms with Gasteiger partial charge in [-0.1, -0.05) is 28.1 Å². The van der Waals surface area contributed by atoms with Gasteiger partial charge in [0.1, 0.15) is 17.4 Å². The number of alkyl halides is 1. The zero-order valence-corrected chi connectivity index (χ0v) is 17.1. The monoisotopic (exact) mass is 411 g/mol. The van der Waals surface area contributed by atoms with Crippen LogP contribution in [0, 0.1) is 13.8 Å². The summed E-state index contributed by atoms with van der Waals surface area (Å²) >= 11 is 3.44. The second-order valence-corrected chi connectivity index (χ2v) is 8.01. The number of amides is 1. The number of carbonyl (C=O) groups excluding carboxylic acids is 2. The first-order valence-corrected chi connectivity index (χ1v) is 9.62. The Labute approximate surface area is 157 Å². The van der Waals surface area contributed by atoms with E-state index in [2.05, 4.69) is 15.9 Å². The van der Waals surface area contributed by atoms with Crippen molar-refractivity contribution in [3.8, 4) is 5.75 Å². The van der Waals surface area contributed by atoms with E-state index in [9.17, 15) is 9.59 Å². The molecule has 1 atom stereocenters. The highest BCUT2D eigenvalue weighted by atomic mass is 79.9. The number of nitrogens with zero attached hydrogens (tertiary/aromatic N) is 1. The summed E-state index contributed by atoms with van der Waals surface area (Å²) < 4.78 is 11.1. The van der Waals surface area contributed by atoms with Gasteiger partial charge in [0.25, 0.3) is 0 Å². The Balaban J connectivity index is 2.13. The van der Waals surface area contributed by atoms with Crippen LogP contribution in [0.2, 0.25) is 0 Å². The Morgan fingerprint density at radius 1 is 1.24 bits per heavy atom. The summed E-state index contributed by atoms with van der Waals surface area (Å²) in [5, 5.41) is 0.748. The lowest BCUT2D eigenvalue weighted by Gasteiger charge is -2.27. The largest absolute Gasteiger partial charge is 0.444 e. The summed E-state index contributed by atoms with van der Waals surface area (Å²) in [5.74, 6) is 0.173. The third kappa shape index (κ3) is 4.97. The molecule has 6 heteroatoms. The number of carbonyl (C=O) groups is 2. The second kappa shape index (κ2) is 7.77. The minimum absolute atomic E-state index is 0.402. The van der Waals surface area contributed by atoms with Crippen LogP contribution in [0.5, 0.6) is 5.75 Å². The Bertz CT molecular complexity index is 643. The maximum atomic E-state index is 12.7. The number of esters is 1. The molecule has 1 saturated heterocycles. The molecule has 1 heterocycles. The van der Waals surface area contributed by atoms with Crippen molar-refractivity contribution in [2.24, 2.45) is 0 Å². The number of hydrogen-bond donors (Lipinski definition) is 0. The minimum Gasteiger partial charge on any atom is -0.444 e. The Morgan fingerprint density at radius 3 is 2.36 bits per heavy atom. The Morgan fingerprint density at radius 2 is 1.84 bits per heavy atom. The number of aryl methyl sites for hydroxylation is 2. The lowest BCUT2D eigenvalue weighted by molar-refractivity contribution is -0.139. The van der Waals surface area contributed by atoms with Crippen LogP contribution in [-0.2, 0) is 14.9 Å². The molecule has 2 rings (SSSR count). The highest BCUT2D eigenvalue weighted by molar-refractivity contribution is 9.08. The molecule has 0 aromatic heterocycles. The van der Waals surface area contributed by atoms with Crippen LogP contribution in [0.25, 0.3) is 0 Å². The first-order valence-electron chi connectivity index (χ1n) is 8.50. The highest BCUT2D eigenvalue weighted by Crippen LogP contribution is 2.28. The molecule has 0 spiro atoms. The van der Waals surface area contributed by atoms with E-state index in [-0.39, 0.29) is 0 Å². The molecule has 138 valence electrons.